The van der Waals surface area contributed by atoms with E-state index in [9.17, 15) is 4.79 Å². The van der Waals surface area contributed by atoms with Gasteiger partial charge in [0.1, 0.15) is 0 Å². The highest BCUT2D eigenvalue weighted by atomic mass is 35.5. The van der Waals surface area contributed by atoms with Gasteiger partial charge in [-0.3, -0.25) is 9.69 Å². The van der Waals surface area contributed by atoms with Crippen molar-refractivity contribution < 1.29 is 9.53 Å². The molecule has 0 spiro atoms. The predicted molar refractivity (Wildman–Crippen MR) is 95.4 cm³/mol. The molecule has 1 aliphatic rings. The van der Waals surface area contributed by atoms with Gasteiger partial charge in [0.2, 0.25) is 0 Å². The molecule has 1 fully saturated rings. The molecule has 0 aromatic heterocycles. The number of hydrogen-bond donors (Lipinski definition) is 1. The SMILES string of the molecule is O=C(NC[C@@H](c1ccc(Cl)cc1)N1CCOCC1)c1ccccc1. The van der Waals surface area contributed by atoms with Crippen molar-refractivity contribution in [3.8, 4) is 0 Å². The molecule has 126 valence electrons. The highest BCUT2D eigenvalue weighted by Crippen LogP contribution is 2.23. The fourth-order valence-electron chi connectivity index (χ4n) is 2.91. The van der Waals surface area contributed by atoms with Crippen LogP contribution in [0.4, 0.5) is 0 Å². The lowest BCUT2D eigenvalue weighted by Gasteiger charge is -2.35. The summed E-state index contributed by atoms with van der Waals surface area (Å²) in [7, 11) is 0. The maximum absolute atomic E-state index is 12.3. The standard InChI is InChI=1S/C19H21ClN2O2/c20-17-8-6-15(7-9-17)18(22-10-12-24-13-11-22)14-21-19(23)16-4-2-1-3-5-16/h1-9,18H,10-14H2,(H,21,23)/t18-/m0/s1. The summed E-state index contributed by atoms with van der Waals surface area (Å²) in [4.78, 5) is 14.7. The van der Waals surface area contributed by atoms with E-state index in [-0.39, 0.29) is 11.9 Å². The zero-order valence-corrected chi connectivity index (χ0v) is 14.2. The van der Waals surface area contributed by atoms with Gasteiger partial charge in [0.25, 0.3) is 5.91 Å². The number of carbonyl (C=O) groups is 1. The van der Waals surface area contributed by atoms with E-state index in [1.54, 1.807) is 0 Å². The first kappa shape index (κ1) is 17.0. The second kappa shape index (κ2) is 8.29. The normalized spacial score (nSPS) is 16.5. The monoisotopic (exact) mass is 344 g/mol. The topological polar surface area (TPSA) is 41.6 Å². The maximum atomic E-state index is 12.3. The number of ether oxygens (including phenoxy) is 1. The first-order valence-corrected chi connectivity index (χ1v) is 8.52. The van der Waals surface area contributed by atoms with E-state index >= 15 is 0 Å². The summed E-state index contributed by atoms with van der Waals surface area (Å²) in [5.41, 5.74) is 1.82. The van der Waals surface area contributed by atoms with Crippen LogP contribution in [-0.2, 0) is 4.74 Å². The number of morpholine rings is 1. The molecule has 2 aromatic carbocycles. The van der Waals surface area contributed by atoms with E-state index in [1.807, 2.05) is 54.6 Å². The summed E-state index contributed by atoms with van der Waals surface area (Å²) in [6.07, 6.45) is 0. The average molecular weight is 345 g/mol. The minimum atomic E-state index is -0.0529. The van der Waals surface area contributed by atoms with Crippen LogP contribution >= 0.6 is 11.6 Å². The summed E-state index contributed by atoms with van der Waals surface area (Å²) in [6.45, 7) is 3.70. The Morgan fingerprint density at radius 3 is 2.42 bits per heavy atom. The zero-order chi connectivity index (χ0) is 16.8. The number of hydrogen-bond acceptors (Lipinski definition) is 3. The molecule has 0 unspecified atom stereocenters. The van der Waals surface area contributed by atoms with E-state index in [4.69, 9.17) is 16.3 Å². The lowest BCUT2D eigenvalue weighted by molar-refractivity contribution is 0.0162. The number of amides is 1. The third-order valence-electron chi connectivity index (χ3n) is 4.23. The van der Waals surface area contributed by atoms with Crippen molar-refractivity contribution in [2.24, 2.45) is 0 Å². The number of halogens is 1. The Morgan fingerprint density at radius 2 is 1.75 bits per heavy atom. The minimum absolute atomic E-state index is 0.0529. The Morgan fingerprint density at radius 1 is 1.08 bits per heavy atom. The average Bonchev–Trinajstić information content (AvgIpc) is 2.65. The number of benzene rings is 2. The fourth-order valence-corrected chi connectivity index (χ4v) is 3.04. The van der Waals surface area contributed by atoms with E-state index in [0.29, 0.717) is 17.1 Å². The van der Waals surface area contributed by atoms with Crippen LogP contribution in [0.1, 0.15) is 22.0 Å². The van der Waals surface area contributed by atoms with Crippen molar-refractivity contribution in [2.75, 3.05) is 32.8 Å². The molecule has 0 aliphatic carbocycles. The van der Waals surface area contributed by atoms with E-state index in [2.05, 4.69) is 10.2 Å². The Labute approximate surface area is 147 Å². The number of nitrogens with zero attached hydrogens (tertiary/aromatic N) is 1. The number of carbonyl (C=O) groups excluding carboxylic acids is 1. The highest BCUT2D eigenvalue weighted by molar-refractivity contribution is 6.30. The molecule has 0 radical (unpaired) electrons. The quantitative estimate of drug-likeness (QED) is 0.906. The molecule has 1 heterocycles. The van der Waals surface area contributed by atoms with Crippen LogP contribution in [0.5, 0.6) is 0 Å². The molecule has 5 heteroatoms. The molecule has 1 saturated heterocycles. The smallest absolute Gasteiger partial charge is 0.251 e. The second-order valence-electron chi connectivity index (χ2n) is 5.79. The molecular weight excluding hydrogens is 324 g/mol. The molecule has 2 aromatic rings. The van der Waals surface area contributed by atoms with Crippen LogP contribution in [0.2, 0.25) is 5.02 Å². The lowest BCUT2D eigenvalue weighted by Crippen LogP contribution is -2.43. The first-order valence-electron chi connectivity index (χ1n) is 8.14. The van der Waals surface area contributed by atoms with Crippen LogP contribution in [0.15, 0.2) is 54.6 Å². The van der Waals surface area contributed by atoms with Gasteiger partial charge in [-0.2, -0.15) is 0 Å². The van der Waals surface area contributed by atoms with Gasteiger partial charge in [0.15, 0.2) is 0 Å². The highest BCUT2D eigenvalue weighted by Gasteiger charge is 2.23. The van der Waals surface area contributed by atoms with Gasteiger partial charge in [-0.15, -0.1) is 0 Å². The van der Waals surface area contributed by atoms with Gasteiger partial charge in [-0.1, -0.05) is 41.9 Å². The summed E-state index contributed by atoms with van der Waals surface area (Å²) < 4.78 is 5.45. The minimum Gasteiger partial charge on any atom is -0.379 e. The Bertz CT molecular complexity index is 655. The van der Waals surface area contributed by atoms with Crippen molar-refractivity contribution in [1.82, 2.24) is 10.2 Å². The van der Waals surface area contributed by atoms with Crippen LogP contribution in [0.3, 0.4) is 0 Å². The van der Waals surface area contributed by atoms with Gasteiger partial charge in [-0.05, 0) is 29.8 Å². The number of nitrogens with one attached hydrogen (secondary N) is 1. The molecule has 3 rings (SSSR count). The van der Waals surface area contributed by atoms with Crippen LogP contribution in [0, 0.1) is 0 Å². The Hall–Kier alpha value is -1.88. The molecule has 1 amide bonds. The Kier molecular flexibility index (Phi) is 5.86. The van der Waals surface area contributed by atoms with Crippen molar-refractivity contribution in [1.29, 1.82) is 0 Å². The molecule has 1 N–H and O–H groups in total. The van der Waals surface area contributed by atoms with E-state index < -0.39 is 0 Å². The van der Waals surface area contributed by atoms with Gasteiger partial charge in [-0.25, -0.2) is 0 Å². The third-order valence-corrected chi connectivity index (χ3v) is 4.49. The molecular formula is C19H21ClN2O2. The molecule has 24 heavy (non-hydrogen) atoms. The van der Waals surface area contributed by atoms with Crippen molar-refractivity contribution >= 4 is 17.5 Å². The third kappa shape index (κ3) is 4.35. The van der Waals surface area contributed by atoms with Crippen molar-refractivity contribution in [3.05, 3.63) is 70.7 Å². The van der Waals surface area contributed by atoms with Gasteiger partial charge < -0.3 is 10.1 Å². The lowest BCUT2D eigenvalue weighted by atomic mass is 10.0. The van der Waals surface area contributed by atoms with Crippen LogP contribution in [0.25, 0.3) is 0 Å². The molecule has 0 saturated carbocycles. The summed E-state index contributed by atoms with van der Waals surface area (Å²) in [5.74, 6) is -0.0529. The fraction of sp³-hybridized carbons (Fsp3) is 0.316. The summed E-state index contributed by atoms with van der Waals surface area (Å²) in [6, 6.07) is 17.2. The molecule has 4 nitrogen and oxygen atoms in total. The zero-order valence-electron chi connectivity index (χ0n) is 13.5. The molecule has 1 aliphatic heterocycles. The molecule has 0 bridgehead atoms. The second-order valence-corrected chi connectivity index (χ2v) is 6.23. The molecule has 1 atom stereocenters. The van der Waals surface area contributed by atoms with Gasteiger partial charge in [0, 0.05) is 30.2 Å². The van der Waals surface area contributed by atoms with Gasteiger partial charge >= 0.3 is 0 Å². The maximum Gasteiger partial charge on any atom is 0.251 e. The van der Waals surface area contributed by atoms with E-state index in [0.717, 1.165) is 31.9 Å². The largest absolute Gasteiger partial charge is 0.379 e. The summed E-state index contributed by atoms with van der Waals surface area (Å²) in [5, 5.41) is 3.77. The number of rotatable bonds is 5. The predicted octanol–water partition coefficient (Wildman–Crippen LogP) is 3.14. The Balaban J connectivity index is 1.72. The van der Waals surface area contributed by atoms with E-state index in [1.165, 1.54) is 0 Å². The van der Waals surface area contributed by atoms with Crippen molar-refractivity contribution in [2.45, 2.75) is 6.04 Å². The summed E-state index contributed by atoms with van der Waals surface area (Å²) >= 11 is 6.01. The van der Waals surface area contributed by atoms with Crippen LogP contribution in [-0.4, -0.2) is 43.7 Å². The van der Waals surface area contributed by atoms with Gasteiger partial charge in [0.05, 0.1) is 19.3 Å². The van der Waals surface area contributed by atoms with Crippen molar-refractivity contribution in [3.63, 3.8) is 0 Å². The first-order chi connectivity index (χ1) is 11.7. The van der Waals surface area contributed by atoms with Crippen LogP contribution < -0.4 is 5.32 Å².